The number of nitrogens with one attached hydrogen (secondary N) is 1. The highest BCUT2D eigenvalue weighted by Crippen LogP contribution is 2.35. The van der Waals surface area contributed by atoms with Crippen LogP contribution in [0.2, 0.25) is 0 Å². The summed E-state index contributed by atoms with van der Waals surface area (Å²) in [5, 5.41) is 3.54. The van der Waals surface area contributed by atoms with Crippen LogP contribution in [0.15, 0.2) is 53.5 Å². The maximum absolute atomic E-state index is 12.5. The van der Waals surface area contributed by atoms with Gasteiger partial charge in [-0.2, -0.15) is 0 Å². The van der Waals surface area contributed by atoms with Gasteiger partial charge in [-0.15, -0.1) is 0 Å². The summed E-state index contributed by atoms with van der Waals surface area (Å²) in [6, 6.07) is 15.4. The first-order valence-corrected chi connectivity index (χ1v) is 8.91. The quantitative estimate of drug-likeness (QED) is 0.891. The molecule has 4 nitrogen and oxygen atoms in total. The van der Waals surface area contributed by atoms with E-state index >= 15 is 0 Å². The number of hydrogen-bond donors (Lipinski definition) is 2. The average Bonchev–Trinajstić information content (AvgIpc) is 2.57. The molecule has 1 atom stereocenters. The van der Waals surface area contributed by atoms with Gasteiger partial charge in [-0.05, 0) is 50.1 Å². The number of anilines is 1. The van der Waals surface area contributed by atoms with Gasteiger partial charge < -0.3 is 11.1 Å². The number of aryl methyl sites for hydroxylation is 1. The first-order valence-electron chi connectivity index (χ1n) is 7.93. The Morgan fingerprint density at radius 2 is 2.00 bits per heavy atom. The molecule has 0 fully saturated rings. The molecule has 3 rings (SSSR count). The van der Waals surface area contributed by atoms with Gasteiger partial charge in [0.25, 0.3) is 5.91 Å². The molecule has 1 unspecified atom stereocenters. The molecule has 1 aliphatic heterocycles. The monoisotopic (exact) mass is 339 g/mol. The Kier molecular flexibility index (Phi) is 4.62. The zero-order chi connectivity index (χ0) is 17.2. The summed E-state index contributed by atoms with van der Waals surface area (Å²) in [6.07, 6.45) is 0.904. The van der Waals surface area contributed by atoms with Gasteiger partial charge in [-0.25, -0.2) is 0 Å². The van der Waals surface area contributed by atoms with E-state index in [1.807, 2.05) is 55.5 Å². The van der Waals surface area contributed by atoms with E-state index in [2.05, 4.69) is 17.2 Å². The number of thioether (sulfide) groups is 1. The van der Waals surface area contributed by atoms with Gasteiger partial charge >= 0.3 is 0 Å². The lowest BCUT2D eigenvalue weighted by atomic mass is 9.88. The van der Waals surface area contributed by atoms with E-state index in [1.165, 1.54) is 0 Å². The molecule has 0 radical (unpaired) electrons. The molecule has 1 amide bonds. The number of amides is 1. The zero-order valence-electron chi connectivity index (χ0n) is 13.9. The second-order valence-electron chi connectivity index (χ2n) is 6.22. The van der Waals surface area contributed by atoms with Gasteiger partial charge in [0, 0.05) is 17.0 Å². The number of hydrogen-bond acceptors (Lipinski definition) is 4. The predicted octanol–water partition coefficient (Wildman–Crippen LogP) is 3.91. The molecule has 0 spiro atoms. The molecule has 0 bridgehead atoms. The minimum absolute atomic E-state index is 0.119. The second kappa shape index (κ2) is 6.69. The number of carbonyl (C=O) groups is 1. The summed E-state index contributed by atoms with van der Waals surface area (Å²) >= 11 is 1.58. The number of amidine groups is 1. The molecule has 1 heterocycles. The Balaban J connectivity index is 1.83. The van der Waals surface area contributed by atoms with Gasteiger partial charge in [-0.1, -0.05) is 41.6 Å². The number of aliphatic imine (C=N–C) groups is 1. The average molecular weight is 339 g/mol. The highest BCUT2D eigenvalue weighted by atomic mass is 32.2. The lowest BCUT2D eigenvalue weighted by molar-refractivity contribution is 0.102. The van der Waals surface area contributed by atoms with Crippen molar-refractivity contribution < 1.29 is 4.79 Å². The van der Waals surface area contributed by atoms with Crippen LogP contribution in [-0.4, -0.2) is 16.8 Å². The molecule has 2 aromatic rings. The Morgan fingerprint density at radius 3 is 2.71 bits per heavy atom. The van der Waals surface area contributed by atoms with E-state index in [0.717, 1.165) is 29.0 Å². The van der Waals surface area contributed by atoms with Crippen LogP contribution in [0.5, 0.6) is 0 Å². The fourth-order valence-corrected chi connectivity index (χ4v) is 3.70. The predicted molar refractivity (Wildman–Crippen MR) is 102 cm³/mol. The molecule has 0 saturated heterocycles. The van der Waals surface area contributed by atoms with Gasteiger partial charge in [-0.3, -0.25) is 9.79 Å². The third kappa shape index (κ3) is 3.62. The fourth-order valence-electron chi connectivity index (χ4n) is 2.73. The molecule has 2 aromatic carbocycles. The number of nitrogens with zero attached hydrogens (tertiary/aromatic N) is 1. The number of nitrogens with two attached hydrogens (primary N) is 1. The molecule has 24 heavy (non-hydrogen) atoms. The number of benzene rings is 2. The Labute approximate surface area is 146 Å². The van der Waals surface area contributed by atoms with E-state index in [9.17, 15) is 4.79 Å². The zero-order valence-corrected chi connectivity index (χ0v) is 14.7. The van der Waals surface area contributed by atoms with Crippen LogP contribution in [0.25, 0.3) is 0 Å². The second-order valence-corrected chi connectivity index (χ2v) is 7.34. The maximum Gasteiger partial charge on any atom is 0.255 e. The Morgan fingerprint density at radius 1 is 1.25 bits per heavy atom. The van der Waals surface area contributed by atoms with Crippen molar-refractivity contribution in [2.75, 3.05) is 11.1 Å². The first-order chi connectivity index (χ1) is 11.5. The van der Waals surface area contributed by atoms with Crippen LogP contribution >= 0.6 is 11.8 Å². The minimum atomic E-state index is -0.366. The van der Waals surface area contributed by atoms with Gasteiger partial charge in [0.1, 0.15) is 0 Å². The molecule has 3 N–H and O–H groups in total. The summed E-state index contributed by atoms with van der Waals surface area (Å²) in [4.78, 5) is 17.1. The van der Waals surface area contributed by atoms with Crippen LogP contribution in [-0.2, 0) is 5.54 Å². The molecule has 0 aromatic heterocycles. The lowest BCUT2D eigenvalue weighted by Gasteiger charge is -2.30. The highest BCUT2D eigenvalue weighted by Gasteiger charge is 2.29. The molecule has 0 saturated carbocycles. The first kappa shape index (κ1) is 16.6. The lowest BCUT2D eigenvalue weighted by Crippen LogP contribution is -2.29. The van der Waals surface area contributed by atoms with Crippen molar-refractivity contribution >= 4 is 28.5 Å². The Hall–Kier alpha value is -2.27. The SMILES string of the molecule is Cc1ccc(NC(=O)c2cccc(C3(C)CCSC(N)=N3)c2)cc1. The van der Waals surface area contributed by atoms with Crippen LogP contribution < -0.4 is 11.1 Å². The van der Waals surface area contributed by atoms with Crippen molar-refractivity contribution in [3.8, 4) is 0 Å². The summed E-state index contributed by atoms with van der Waals surface area (Å²) < 4.78 is 0. The molecule has 0 aliphatic carbocycles. The molecule has 1 aliphatic rings. The van der Waals surface area contributed by atoms with E-state index in [0.29, 0.717) is 10.7 Å². The molecular weight excluding hydrogens is 318 g/mol. The van der Waals surface area contributed by atoms with Crippen molar-refractivity contribution in [3.05, 3.63) is 65.2 Å². The molecular formula is C19H21N3OS. The highest BCUT2D eigenvalue weighted by molar-refractivity contribution is 8.13. The summed E-state index contributed by atoms with van der Waals surface area (Å²) in [7, 11) is 0. The third-order valence-electron chi connectivity index (χ3n) is 4.25. The Bertz CT molecular complexity index is 785. The topological polar surface area (TPSA) is 67.5 Å². The van der Waals surface area contributed by atoms with Crippen LogP contribution in [0.4, 0.5) is 5.69 Å². The number of rotatable bonds is 3. The smallest absolute Gasteiger partial charge is 0.255 e. The minimum Gasteiger partial charge on any atom is -0.379 e. The van der Waals surface area contributed by atoms with E-state index in [4.69, 9.17) is 5.73 Å². The van der Waals surface area contributed by atoms with Crippen molar-refractivity contribution in [1.29, 1.82) is 0 Å². The van der Waals surface area contributed by atoms with E-state index < -0.39 is 0 Å². The fraction of sp³-hybridized carbons (Fsp3) is 0.263. The molecule has 5 heteroatoms. The number of carbonyl (C=O) groups excluding carboxylic acids is 1. The third-order valence-corrected chi connectivity index (χ3v) is 5.05. The maximum atomic E-state index is 12.5. The van der Waals surface area contributed by atoms with Gasteiger partial charge in [0.05, 0.1) is 5.54 Å². The van der Waals surface area contributed by atoms with Gasteiger partial charge in [0.15, 0.2) is 5.17 Å². The van der Waals surface area contributed by atoms with Crippen molar-refractivity contribution in [3.63, 3.8) is 0 Å². The molecule has 124 valence electrons. The van der Waals surface area contributed by atoms with Crippen LogP contribution in [0.1, 0.15) is 34.8 Å². The van der Waals surface area contributed by atoms with E-state index in [-0.39, 0.29) is 11.4 Å². The van der Waals surface area contributed by atoms with Crippen molar-refractivity contribution in [2.24, 2.45) is 10.7 Å². The van der Waals surface area contributed by atoms with Gasteiger partial charge in [0.2, 0.25) is 0 Å². The summed E-state index contributed by atoms with van der Waals surface area (Å²) in [6.45, 7) is 4.08. The standard InChI is InChI=1S/C19H21N3OS/c1-13-6-8-16(9-7-13)21-17(23)14-4-3-5-15(12-14)19(2)10-11-24-18(20)22-19/h3-9,12H,10-11H2,1-2H3,(H2,20,22)(H,21,23). The normalized spacial score (nSPS) is 20.3. The summed E-state index contributed by atoms with van der Waals surface area (Å²) in [5.74, 6) is 0.817. The summed E-state index contributed by atoms with van der Waals surface area (Å²) in [5.41, 5.74) is 9.12. The van der Waals surface area contributed by atoms with Crippen molar-refractivity contribution in [1.82, 2.24) is 0 Å². The van der Waals surface area contributed by atoms with Crippen LogP contribution in [0, 0.1) is 6.92 Å². The van der Waals surface area contributed by atoms with Crippen LogP contribution in [0.3, 0.4) is 0 Å². The largest absolute Gasteiger partial charge is 0.379 e. The van der Waals surface area contributed by atoms with Crippen molar-refractivity contribution in [2.45, 2.75) is 25.8 Å². The van der Waals surface area contributed by atoms with E-state index in [1.54, 1.807) is 11.8 Å².